The van der Waals surface area contributed by atoms with Crippen molar-refractivity contribution < 1.29 is 9.72 Å². The second-order valence-corrected chi connectivity index (χ2v) is 8.76. The van der Waals surface area contributed by atoms with Crippen molar-refractivity contribution in [1.82, 2.24) is 9.97 Å². The number of nitrogens with zero attached hydrogens (tertiary/aromatic N) is 3. The molecule has 0 saturated heterocycles. The van der Waals surface area contributed by atoms with Crippen LogP contribution in [-0.2, 0) is 4.79 Å². The molecule has 156 valence electrons. The lowest BCUT2D eigenvalue weighted by atomic mass is 10.1. The number of aryl methyl sites for hydroxylation is 1. The van der Waals surface area contributed by atoms with Crippen molar-refractivity contribution >= 4 is 50.7 Å². The Kier molecular flexibility index (Phi) is 6.24. The minimum atomic E-state index is -0.442. The summed E-state index contributed by atoms with van der Waals surface area (Å²) in [6, 6.07) is 16.3. The van der Waals surface area contributed by atoms with Crippen LogP contribution in [0.25, 0.3) is 22.2 Å². The highest BCUT2D eigenvalue weighted by Crippen LogP contribution is 2.28. The fourth-order valence-electron chi connectivity index (χ4n) is 3.07. The number of nitro groups is 1. The van der Waals surface area contributed by atoms with E-state index in [2.05, 4.69) is 28.3 Å². The van der Waals surface area contributed by atoms with E-state index in [1.807, 2.05) is 24.3 Å². The van der Waals surface area contributed by atoms with Crippen molar-refractivity contribution in [2.75, 3.05) is 11.1 Å². The molecule has 0 atom stereocenters. The molecule has 0 unspecified atom stereocenters. The van der Waals surface area contributed by atoms with E-state index in [1.54, 1.807) is 29.3 Å². The highest BCUT2D eigenvalue weighted by atomic mass is 32.2. The van der Waals surface area contributed by atoms with E-state index in [0.29, 0.717) is 28.6 Å². The molecule has 1 N–H and O–H groups in total. The lowest BCUT2D eigenvalue weighted by Gasteiger charge is -2.06. The number of hydrogen-bond donors (Lipinski definition) is 1. The molecule has 2 aromatic carbocycles. The quantitative estimate of drug-likeness (QED) is 0.220. The Labute approximate surface area is 186 Å². The normalized spacial score (nSPS) is 10.9. The standard InChI is InChI=1S/C22H18N4O3S2/c1-14-11-21(23-18-8-3-2-7-17(14)18)30-10-9-20(27)25-22-24-19(13-31-22)15-5-4-6-16(12-15)26(28)29/h2-8,11-13H,9-10H2,1H3,(H,24,25,27). The number of fused-ring (bicyclic) bond motifs is 1. The number of amides is 1. The Hall–Kier alpha value is -3.30. The van der Waals surface area contributed by atoms with Crippen LogP contribution in [0.15, 0.2) is 65.0 Å². The van der Waals surface area contributed by atoms with Crippen molar-refractivity contribution in [2.24, 2.45) is 0 Å². The van der Waals surface area contributed by atoms with Gasteiger partial charge in [0, 0.05) is 40.6 Å². The Morgan fingerprint density at radius 3 is 2.84 bits per heavy atom. The molecule has 4 aromatic rings. The van der Waals surface area contributed by atoms with Crippen LogP contribution in [0.5, 0.6) is 0 Å². The summed E-state index contributed by atoms with van der Waals surface area (Å²) in [5, 5.41) is 18.0. The van der Waals surface area contributed by atoms with Gasteiger partial charge in [0.05, 0.1) is 21.2 Å². The molecule has 9 heteroatoms. The number of nitrogens with one attached hydrogen (secondary N) is 1. The fourth-order valence-corrected chi connectivity index (χ4v) is 4.72. The second kappa shape index (κ2) is 9.23. The molecule has 0 spiro atoms. The van der Waals surface area contributed by atoms with Gasteiger partial charge in [-0.3, -0.25) is 14.9 Å². The van der Waals surface area contributed by atoms with E-state index in [0.717, 1.165) is 21.5 Å². The molecular weight excluding hydrogens is 432 g/mol. The summed E-state index contributed by atoms with van der Waals surface area (Å²) in [6.45, 7) is 2.06. The first-order valence-corrected chi connectivity index (χ1v) is 11.4. The van der Waals surface area contributed by atoms with Gasteiger partial charge in [0.25, 0.3) is 5.69 Å². The topological polar surface area (TPSA) is 98.0 Å². The van der Waals surface area contributed by atoms with Crippen molar-refractivity contribution in [3.05, 3.63) is 75.7 Å². The molecule has 2 aromatic heterocycles. The molecule has 1 amide bonds. The average Bonchev–Trinajstić information content (AvgIpc) is 3.22. The van der Waals surface area contributed by atoms with Gasteiger partial charge in [0.2, 0.25) is 5.91 Å². The smallest absolute Gasteiger partial charge is 0.270 e. The minimum Gasteiger partial charge on any atom is -0.302 e. The molecule has 0 aliphatic carbocycles. The number of carbonyl (C=O) groups excluding carboxylic acids is 1. The van der Waals surface area contributed by atoms with E-state index in [9.17, 15) is 14.9 Å². The SMILES string of the molecule is Cc1cc(SCCC(=O)Nc2nc(-c3cccc([N+](=O)[O-])c3)cs2)nc2ccccc12. The molecule has 2 heterocycles. The number of non-ortho nitro benzene ring substituents is 1. The van der Waals surface area contributed by atoms with Crippen LogP contribution in [0.4, 0.5) is 10.8 Å². The molecule has 0 saturated carbocycles. The average molecular weight is 451 g/mol. The first-order valence-electron chi connectivity index (χ1n) is 9.49. The van der Waals surface area contributed by atoms with E-state index in [4.69, 9.17) is 0 Å². The number of rotatable bonds is 7. The number of benzene rings is 2. The summed E-state index contributed by atoms with van der Waals surface area (Å²) < 4.78 is 0. The third kappa shape index (κ3) is 5.07. The highest BCUT2D eigenvalue weighted by Gasteiger charge is 2.12. The van der Waals surface area contributed by atoms with E-state index >= 15 is 0 Å². The predicted molar refractivity (Wildman–Crippen MR) is 125 cm³/mol. The number of thioether (sulfide) groups is 1. The number of para-hydroxylation sites is 1. The van der Waals surface area contributed by atoms with Gasteiger partial charge in [-0.15, -0.1) is 23.1 Å². The maximum Gasteiger partial charge on any atom is 0.270 e. The van der Waals surface area contributed by atoms with Crippen LogP contribution in [0.1, 0.15) is 12.0 Å². The number of anilines is 1. The van der Waals surface area contributed by atoms with Gasteiger partial charge in [0.1, 0.15) is 0 Å². The monoisotopic (exact) mass is 450 g/mol. The number of pyridine rings is 1. The summed E-state index contributed by atoms with van der Waals surface area (Å²) in [6.07, 6.45) is 0.323. The number of thiazole rings is 1. The van der Waals surface area contributed by atoms with Gasteiger partial charge in [0.15, 0.2) is 5.13 Å². The van der Waals surface area contributed by atoms with Gasteiger partial charge >= 0.3 is 0 Å². The number of hydrogen-bond acceptors (Lipinski definition) is 7. The zero-order chi connectivity index (χ0) is 21.8. The molecule has 4 rings (SSSR count). The Morgan fingerprint density at radius 1 is 1.16 bits per heavy atom. The molecule has 0 fully saturated rings. The van der Waals surface area contributed by atoms with E-state index < -0.39 is 4.92 Å². The molecular formula is C22H18N4O3S2. The van der Waals surface area contributed by atoms with Gasteiger partial charge in [-0.2, -0.15) is 0 Å². The van der Waals surface area contributed by atoms with Crippen molar-refractivity contribution in [3.8, 4) is 11.3 Å². The predicted octanol–water partition coefficient (Wildman–Crippen LogP) is 5.70. The maximum absolute atomic E-state index is 12.3. The van der Waals surface area contributed by atoms with Crippen molar-refractivity contribution in [3.63, 3.8) is 0 Å². The molecule has 31 heavy (non-hydrogen) atoms. The third-order valence-corrected chi connectivity index (χ3v) is 6.25. The maximum atomic E-state index is 12.3. The minimum absolute atomic E-state index is 0.00523. The van der Waals surface area contributed by atoms with Crippen molar-refractivity contribution in [2.45, 2.75) is 18.4 Å². The summed E-state index contributed by atoms with van der Waals surface area (Å²) >= 11 is 2.83. The fraction of sp³-hybridized carbons (Fsp3) is 0.136. The van der Waals surface area contributed by atoms with E-state index in [-0.39, 0.29) is 11.6 Å². The van der Waals surface area contributed by atoms with Crippen LogP contribution in [0.2, 0.25) is 0 Å². The first-order chi connectivity index (χ1) is 15.0. The lowest BCUT2D eigenvalue weighted by molar-refractivity contribution is -0.384. The Bertz CT molecular complexity index is 1270. The number of aromatic nitrogens is 2. The molecule has 7 nitrogen and oxygen atoms in total. The molecule has 0 aliphatic heterocycles. The van der Waals surface area contributed by atoms with Gasteiger partial charge in [-0.1, -0.05) is 30.3 Å². The zero-order valence-corrected chi connectivity index (χ0v) is 18.2. The van der Waals surface area contributed by atoms with Crippen molar-refractivity contribution in [1.29, 1.82) is 0 Å². The Balaban J connectivity index is 1.34. The van der Waals surface area contributed by atoms with Crippen LogP contribution in [0.3, 0.4) is 0 Å². The zero-order valence-electron chi connectivity index (χ0n) is 16.6. The van der Waals surface area contributed by atoms with Crippen LogP contribution >= 0.6 is 23.1 Å². The highest BCUT2D eigenvalue weighted by molar-refractivity contribution is 7.99. The second-order valence-electron chi connectivity index (χ2n) is 6.79. The summed E-state index contributed by atoms with van der Waals surface area (Å²) in [5.41, 5.74) is 3.35. The summed E-state index contributed by atoms with van der Waals surface area (Å²) in [5.74, 6) is 0.463. The van der Waals surface area contributed by atoms with E-state index in [1.165, 1.54) is 23.5 Å². The van der Waals surface area contributed by atoms with Gasteiger partial charge < -0.3 is 5.32 Å². The summed E-state index contributed by atoms with van der Waals surface area (Å²) in [4.78, 5) is 31.8. The molecule has 0 aliphatic rings. The Morgan fingerprint density at radius 2 is 2.00 bits per heavy atom. The third-order valence-electron chi connectivity index (χ3n) is 4.58. The van der Waals surface area contributed by atoms with Crippen LogP contribution in [-0.4, -0.2) is 26.6 Å². The van der Waals surface area contributed by atoms with Gasteiger partial charge in [-0.25, -0.2) is 9.97 Å². The molecule has 0 radical (unpaired) electrons. The van der Waals surface area contributed by atoms with Crippen LogP contribution < -0.4 is 5.32 Å². The lowest BCUT2D eigenvalue weighted by Crippen LogP contribution is -2.12. The van der Waals surface area contributed by atoms with Crippen LogP contribution in [0, 0.1) is 17.0 Å². The van der Waals surface area contributed by atoms with Gasteiger partial charge in [-0.05, 0) is 24.6 Å². The number of nitro benzene ring substituents is 1. The summed E-state index contributed by atoms with van der Waals surface area (Å²) in [7, 11) is 0. The molecule has 0 bridgehead atoms. The number of carbonyl (C=O) groups is 1. The largest absolute Gasteiger partial charge is 0.302 e. The first kappa shape index (κ1) is 21.0.